The zero-order chi connectivity index (χ0) is 15.2. The molecule has 0 heterocycles. The fourth-order valence-corrected chi connectivity index (χ4v) is 2.46. The maximum atomic E-state index is 11.8. The molecule has 2 unspecified atom stereocenters. The standard InChI is InChI=1S/C16H20N2O3/c1-2-11-5-3-4-6-13(11)10-17-16(21)18-14-8-7-12(9-14)15(19)20/h3-8,12,14H,2,9-10H2,1H3,(H,19,20)(H2,17,18,21). The van der Waals surface area contributed by atoms with Crippen molar-refractivity contribution in [2.75, 3.05) is 0 Å². The van der Waals surface area contributed by atoms with Gasteiger partial charge in [0.25, 0.3) is 0 Å². The number of benzene rings is 1. The number of carboxylic acids is 1. The van der Waals surface area contributed by atoms with Gasteiger partial charge in [-0.25, -0.2) is 4.79 Å². The van der Waals surface area contributed by atoms with Crippen LogP contribution in [0.4, 0.5) is 4.79 Å². The van der Waals surface area contributed by atoms with E-state index in [0.29, 0.717) is 13.0 Å². The zero-order valence-electron chi connectivity index (χ0n) is 12.0. The van der Waals surface area contributed by atoms with Crippen molar-refractivity contribution in [1.29, 1.82) is 0 Å². The van der Waals surface area contributed by atoms with Crippen LogP contribution in [-0.4, -0.2) is 23.1 Å². The SMILES string of the molecule is CCc1ccccc1CNC(=O)NC1C=CC(C(=O)O)C1. The summed E-state index contributed by atoms with van der Waals surface area (Å²) in [5, 5.41) is 14.5. The Labute approximate surface area is 124 Å². The molecule has 2 atom stereocenters. The summed E-state index contributed by atoms with van der Waals surface area (Å²) >= 11 is 0. The van der Waals surface area contributed by atoms with Crippen LogP contribution in [0.15, 0.2) is 36.4 Å². The minimum absolute atomic E-state index is 0.215. The molecular weight excluding hydrogens is 268 g/mol. The average Bonchev–Trinajstić information content (AvgIpc) is 2.94. The summed E-state index contributed by atoms with van der Waals surface area (Å²) in [4.78, 5) is 22.7. The molecule has 1 aliphatic rings. The highest BCUT2D eigenvalue weighted by Gasteiger charge is 2.25. The van der Waals surface area contributed by atoms with Gasteiger partial charge in [0.2, 0.25) is 0 Å². The molecule has 5 nitrogen and oxygen atoms in total. The third kappa shape index (κ3) is 4.08. The van der Waals surface area contributed by atoms with Gasteiger partial charge in [-0.3, -0.25) is 4.79 Å². The lowest BCUT2D eigenvalue weighted by atomic mass is 10.1. The van der Waals surface area contributed by atoms with Crippen molar-refractivity contribution in [2.45, 2.75) is 32.4 Å². The molecule has 1 aromatic rings. The smallest absolute Gasteiger partial charge is 0.315 e. The Balaban J connectivity index is 1.81. The lowest BCUT2D eigenvalue weighted by Crippen LogP contribution is -2.40. The molecule has 2 amide bonds. The molecule has 0 fully saturated rings. The van der Waals surface area contributed by atoms with Crippen molar-refractivity contribution in [3.63, 3.8) is 0 Å². The van der Waals surface area contributed by atoms with Crippen LogP contribution in [0.3, 0.4) is 0 Å². The van der Waals surface area contributed by atoms with E-state index in [2.05, 4.69) is 17.6 Å². The Bertz CT molecular complexity index is 554. The van der Waals surface area contributed by atoms with E-state index in [4.69, 9.17) is 5.11 Å². The predicted octanol–water partition coefficient (Wildman–Crippen LogP) is 2.08. The van der Waals surface area contributed by atoms with Gasteiger partial charge >= 0.3 is 12.0 Å². The summed E-state index contributed by atoms with van der Waals surface area (Å²) in [6.45, 7) is 2.54. The van der Waals surface area contributed by atoms with Crippen LogP contribution in [0.5, 0.6) is 0 Å². The lowest BCUT2D eigenvalue weighted by Gasteiger charge is -2.14. The van der Waals surface area contributed by atoms with Gasteiger partial charge in [-0.05, 0) is 24.0 Å². The highest BCUT2D eigenvalue weighted by Crippen LogP contribution is 2.17. The van der Waals surface area contributed by atoms with Gasteiger partial charge in [0.15, 0.2) is 0 Å². The van der Waals surface area contributed by atoms with Crippen molar-refractivity contribution < 1.29 is 14.7 Å². The van der Waals surface area contributed by atoms with Crippen molar-refractivity contribution in [2.24, 2.45) is 5.92 Å². The van der Waals surface area contributed by atoms with Gasteiger partial charge in [-0.15, -0.1) is 0 Å². The maximum Gasteiger partial charge on any atom is 0.315 e. The second-order valence-corrected chi connectivity index (χ2v) is 5.12. The molecule has 0 aromatic heterocycles. The van der Waals surface area contributed by atoms with Gasteiger partial charge < -0.3 is 15.7 Å². The molecule has 0 aliphatic heterocycles. The van der Waals surface area contributed by atoms with Crippen LogP contribution in [0.25, 0.3) is 0 Å². The van der Waals surface area contributed by atoms with Crippen LogP contribution in [0.2, 0.25) is 0 Å². The number of hydrogen-bond donors (Lipinski definition) is 3. The Morgan fingerprint density at radius 3 is 2.57 bits per heavy atom. The fraction of sp³-hybridized carbons (Fsp3) is 0.375. The monoisotopic (exact) mass is 288 g/mol. The van der Waals surface area contributed by atoms with E-state index in [1.807, 2.05) is 24.3 Å². The number of rotatable bonds is 5. The minimum atomic E-state index is -0.854. The second-order valence-electron chi connectivity index (χ2n) is 5.12. The number of carbonyl (C=O) groups is 2. The summed E-state index contributed by atoms with van der Waals surface area (Å²) in [7, 11) is 0. The second kappa shape index (κ2) is 6.92. The van der Waals surface area contributed by atoms with Crippen LogP contribution in [0, 0.1) is 5.92 Å². The van der Waals surface area contributed by atoms with Gasteiger partial charge in [-0.1, -0.05) is 43.3 Å². The van der Waals surface area contributed by atoms with E-state index < -0.39 is 11.9 Å². The van der Waals surface area contributed by atoms with Gasteiger partial charge in [0.05, 0.1) is 12.0 Å². The molecule has 2 rings (SSSR count). The van der Waals surface area contributed by atoms with E-state index in [-0.39, 0.29) is 12.1 Å². The molecule has 112 valence electrons. The Hall–Kier alpha value is -2.30. The van der Waals surface area contributed by atoms with Crippen molar-refractivity contribution in [3.8, 4) is 0 Å². The molecular formula is C16H20N2O3. The molecule has 21 heavy (non-hydrogen) atoms. The molecule has 5 heteroatoms. The molecule has 0 saturated carbocycles. The van der Waals surface area contributed by atoms with Gasteiger partial charge in [0.1, 0.15) is 0 Å². The summed E-state index contributed by atoms with van der Waals surface area (Å²) in [5.41, 5.74) is 2.31. The number of aliphatic carboxylic acids is 1. The lowest BCUT2D eigenvalue weighted by molar-refractivity contribution is -0.140. The van der Waals surface area contributed by atoms with E-state index in [1.54, 1.807) is 12.2 Å². The molecule has 0 saturated heterocycles. The average molecular weight is 288 g/mol. The van der Waals surface area contributed by atoms with Gasteiger partial charge in [0, 0.05) is 6.54 Å². The first-order chi connectivity index (χ1) is 10.1. The summed E-state index contributed by atoms with van der Waals surface area (Å²) < 4.78 is 0. The summed E-state index contributed by atoms with van der Waals surface area (Å²) in [5.74, 6) is -1.36. The number of nitrogens with one attached hydrogen (secondary N) is 2. The number of aryl methyl sites for hydroxylation is 1. The van der Waals surface area contributed by atoms with E-state index >= 15 is 0 Å². The van der Waals surface area contributed by atoms with Crippen LogP contribution >= 0.6 is 0 Å². The van der Waals surface area contributed by atoms with Gasteiger partial charge in [-0.2, -0.15) is 0 Å². The highest BCUT2D eigenvalue weighted by atomic mass is 16.4. The quantitative estimate of drug-likeness (QED) is 0.726. The minimum Gasteiger partial charge on any atom is -0.481 e. The van der Waals surface area contributed by atoms with Crippen molar-refractivity contribution in [1.82, 2.24) is 10.6 Å². The van der Waals surface area contributed by atoms with Crippen LogP contribution in [0.1, 0.15) is 24.5 Å². The van der Waals surface area contributed by atoms with Crippen molar-refractivity contribution >= 4 is 12.0 Å². The van der Waals surface area contributed by atoms with E-state index in [1.165, 1.54) is 5.56 Å². The summed E-state index contributed by atoms with van der Waals surface area (Å²) in [6.07, 6.45) is 4.69. The van der Waals surface area contributed by atoms with E-state index in [9.17, 15) is 9.59 Å². The van der Waals surface area contributed by atoms with Crippen LogP contribution < -0.4 is 10.6 Å². The van der Waals surface area contributed by atoms with Crippen molar-refractivity contribution in [3.05, 3.63) is 47.5 Å². The molecule has 0 radical (unpaired) electrons. The normalized spacial score (nSPS) is 20.2. The Morgan fingerprint density at radius 1 is 1.24 bits per heavy atom. The first-order valence-corrected chi connectivity index (χ1v) is 7.12. The van der Waals surface area contributed by atoms with Crippen LogP contribution in [-0.2, 0) is 17.8 Å². The molecule has 1 aromatic carbocycles. The number of carboxylic acid groups (broad SMARTS) is 1. The summed E-state index contributed by atoms with van der Waals surface area (Å²) in [6, 6.07) is 7.48. The Morgan fingerprint density at radius 2 is 1.95 bits per heavy atom. The topological polar surface area (TPSA) is 78.4 Å². The number of urea groups is 1. The third-order valence-corrected chi connectivity index (χ3v) is 3.66. The molecule has 1 aliphatic carbocycles. The predicted molar refractivity (Wildman–Crippen MR) is 79.9 cm³/mol. The number of hydrogen-bond acceptors (Lipinski definition) is 2. The largest absolute Gasteiger partial charge is 0.481 e. The highest BCUT2D eigenvalue weighted by molar-refractivity contribution is 5.76. The van der Waals surface area contributed by atoms with E-state index in [0.717, 1.165) is 12.0 Å². The number of carbonyl (C=O) groups excluding carboxylic acids is 1. The zero-order valence-corrected chi connectivity index (χ0v) is 12.0. The maximum absolute atomic E-state index is 11.8. The number of amides is 2. The fourth-order valence-electron chi connectivity index (χ4n) is 2.46. The first-order valence-electron chi connectivity index (χ1n) is 7.12. The first kappa shape index (κ1) is 15.1. The molecule has 0 spiro atoms. The molecule has 0 bridgehead atoms. The Kier molecular flexibility index (Phi) is 4.98. The molecule has 3 N–H and O–H groups in total. The third-order valence-electron chi connectivity index (χ3n) is 3.66.